The molecule has 1 heterocycles. The Bertz CT molecular complexity index is 989. The lowest BCUT2D eigenvalue weighted by molar-refractivity contribution is -0.150. The van der Waals surface area contributed by atoms with Gasteiger partial charge in [0.2, 0.25) is 0 Å². The second kappa shape index (κ2) is 12.4. The van der Waals surface area contributed by atoms with Gasteiger partial charge in [-0.05, 0) is 42.7 Å². The van der Waals surface area contributed by atoms with E-state index in [-0.39, 0.29) is 23.2 Å². The summed E-state index contributed by atoms with van der Waals surface area (Å²) in [6, 6.07) is 12.9. The van der Waals surface area contributed by atoms with Crippen LogP contribution in [0.2, 0.25) is 5.02 Å². The van der Waals surface area contributed by atoms with Gasteiger partial charge in [-0.1, -0.05) is 35.9 Å². The molecule has 176 valence electrons. The molecular formula is C23H25ClN2O6S. The Morgan fingerprint density at radius 2 is 1.88 bits per heavy atom. The third kappa shape index (κ3) is 7.30. The van der Waals surface area contributed by atoms with Crippen LogP contribution in [0.1, 0.15) is 16.8 Å². The summed E-state index contributed by atoms with van der Waals surface area (Å²) in [5.74, 6) is 0.236. The third-order valence-electron chi connectivity index (χ3n) is 4.76. The van der Waals surface area contributed by atoms with E-state index >= 15 is 0 Å². The van der Waals surface area contributed by atoms with E-state index in [4.69, 9.17) is 25.8 Å². The highest BCUT2D eigenvalue weighted by atomic mass is 35.5. The van der Waals surface area contributed by atoms with Crippen molar-refractivity contribution in [2.45, 2.75) is 18.6 Å². The van der Waals surface area contributed by atoms with Crippen molar-refractivity contribution < 1.29 is 28.6 Å². The van der Waals surface area contributed by atoms with Gasteiger partial charge >= 0.3 is 5.97 Å². The van der Waals surface area contributed by atoms with Gasteiger partial charge in [0.15, 0.2) is 18.1 Å². The van der Waals surface area contributed by atoms with Crippen molar-refractivity contribution in [2.24, 2.45) is 0 Å². The van der Waals surface area contributed by atoms with Gasteiger partial charge in [0.1, 0.15) is 18.8 Å². The number of ether oxygens (including phenoxy) is 3. The average molecular weight is 493 g/mol. The number of nitrogens with one attached hydrogen (secondary N) is 2. The predicted molar refractivity (Wildman–Crippen MR) is 126 cm³/mol. The molecule has 33 heavy (non-hydrogen) atoms. The molecule has 1 aliphatic rings. The normalized spacial score (nSPS) is 15.3. The molecule has 0 bridgehead atoms. The largest absolute Gasteiger partial charge is 0.486 e. The lowest BCUT2D eigenvalue weighted by atomic mass is 10.1. The van der Waals surface area contributed by atoms with Gasteiger partial charge < -0.3 is 24.8 Å². The Morgan fingerprint density at radius 1 is 1.15 bits per heavy atom. The summed E-state index contributed by atoms with van der Waals surface area (Å²) in [7, 11) is 0. The number of carbonyl (C=O) groups is 3. The van der Waals surface area contributed by atoms with Gasteiger partial charge in [-0.2, -0.15) is 11.8 Å². The number of benzene rings is 2. The Kier molecular flexibility index (Phi) is 9.26. The van der Waals surface area contributed by atoms with Crippen molar-refractivity contribution in [1.29, 1.82) is 0 Å². The molecule has 0 spiro atoms. The first-order chi connectivity index (χ1) is 16.0. The average Bonchev–Trinajstić information content (AvgIpc) is 2.83. The third-order valence-corrected chi connectivity index (χ3v) is 5.73. The summed E-state index contributed by atoms with van der Waals surface area (Å²) in [6.07, 6.45) is 1.88. The van der Waals surface area contributed by atoms with Crippen molar-refractivity contribution in [2.75, 3.05) is 31.8 Å². The van der Waals surface area contributed by atoms with Crippen molar-refractivity contribution >= 4 is 41.1 Å². The maximum absolute atomic E-state index is 12.5. The van der Waals surface area contributed by atoms with Crippen molar-refractivity contribution in [1.82, 2.24) is 10.6 Å². The number of para-hydroxylation sites is 2. The number of amides is 2. The highest BCUT2D eigenvalue weighted by molar-refractivity contribution is 7.98. The van der Waals surface area contributed by atoms with Crippen LogP contribution < -0.4 is 20.1 Å². The zero-order valence-corrected chi connectivity index (χ0v) is 19.6. The first-order valence-corrected chi connectivity index (χ1v) is 12.1. The van der Waals surface area contributed by atoms with E-state index in [1.54, 1.807) is 30.3 Å². The van der Waals surface area contributed by atoms with E-state index in [1.807, 2.05) is 24.5 Å². The number of thioether (sulfide) groups is 1. The smallest absolute Gasteiger partial charge is 0.329 e. The lowest BCUT2D eigenvalue weighted by Gasteiger charge is -2.26. The fraction of sp³-hybridized carbons (Fsp3) is 0.348. The van der Waals surface area contributed by atoms with E-state index in [0.29, 0.717) is 30.3 Å². The van der Waals surface area contributed by atoms with Crippen LogP contribution in [0.4, 0.5) is 0 Å². The molecule has 0 aromatic heterocycles. The summed E-state index contributed by atoms with van der Waals surface area (Å²) in [5, 5.41) is 5.59. The van der Waals surface area contributed by atoms with Crippen molar-refractivity contribution in [3.8, 4) is 11.5 Å². The molecule has 2 unspecified atom stereocenters. The molecule has 2 amide bonds. The monoisotopic (exact) mass is 492 g/mol. The Labute approximate surface area is 201 Å². The summed E-state index contributed by atoms with van der Waals surface area (Å²) in [4.78, 5) is 37.2. The van der Waals surface area contributed by atoms with Gasteiger partial charge in [-0.15, -0.1) is 0 Å². The minimum absolute atomic E-state index is 0.198. The molecule has 0 saturated carbocycles. The number of halogens is 1. The Balaban J connectivity index is 1.46. The molecule has 10 heteroatoms. The Morgan fingerprint density at radius 3 is 2.64 bits per heavy atom. The molecule has 2 N–H and O–H groups in total. The molecule has 3 rings (SSSR count). The topological polar surface area (TPSA) is 103 Å². The number of hydrogen-bond donors (Lipinski definition) is 2. The molecule has 0 fully saturated rings. The number of fused-ring (bicyclic) bond motifs is 1. The highest BCUT2D eigenvalue weighted by Gasteiger charge is 2.25. The molecule has 1 aliphatic heterocycles. The van der Waals surface area contributed by atoms with E-state index < -0.39 is 30.4 Å². The van der Waals surface area contributed by atoms with Crippen LogP contribution in [0.3, 0.4) is 0 Å². The van der Waals surface area contributed by atoms with Crippen molar-refractivity contribution in [3.05, 3.63) is 59.1 Å². The molecule has 2 atom stereocenters. The summed E-state index contributed by atoms with van der Waals surface area (Å²) in [6.45, 7) is 0.0203. The minimum atomic E-state index is -0.902. The second-order valence-corrected chi connectivity index (χ2v) is 8.59. The SMILES string of the molecule is CSCCC(NC(=O)c1ccccc1Cl)C(=O)OCC(=O)NCC1COc2ccccc2O1. The Hall–Kier alpha value is -2.91. The van der Waals surface area contributed by atoms with Gasteiger partial charge in [0.25, 0.3) is 11.8 Å². The summed E-state index contributed by atoms with van der Waals surface area (Å²) in [5.41, 5.74) is 0.259. The lowest BCUT2D eigenvalue weighted by Crippen LogP contribution is -2.45. The van der Waals surface area contributed by atoms with Crippen LogP contribution in [-0.4, -0.2) is 61.7 Å². The van der Waals surface area contributed by atoms with Gasteiger partial charge in [-0.3, -0.25) is 9.59 Å². The molecule has 0 aliphatic carbocycles. The van der Waals surface area contributed by atoms with Gasteiger partial charge in [0.05, 0.1) is 17.1 Å². The molecule has 0 radical (unpaired) electrons. The number of hydrogen-bond acceptors (Lipinski definition) is 7. The maximum Gasteiger partial charge on any atom is 0.329 e. The number of rotatable bonds is 10. The first-order valence-electron chi connectivity index (χ1n) is 10.3. The minimum Gasteiger partial charge on any atom is -0.486 e. The molecular weight excluding hydrogens is 468 g/mol. The second-order valence-electron chi connectivity index (χ2n) is 7.20. The highest BCUT2D eigenvalue weighted by Crippen LogP contribution is 2.30. The van der Waals surface area contributed by atoms with E-state index in [0.717, 1.165) is 0 Å². The summed E-state index contributed by atoms with van der Waals surface area (Å²) < 4.78 is 16.5. The van der Waals surface area contributed by atoms with E-state index in [9.17, 15) is 14.4 Å². The van der Waals surface area contributed by atoms with E-state index in [2.05, 4.69) is 10.6 Å². The van der Waals surface area contributed by atoms with Crippen LogP contribution >= 0.6 is 23.4 Å². The van der Waals surface area contributed by atoms with Crippen molar-refractivity contribution in [3.63, 3.8) is 0 Å². The van der Waals surface area contributed by atoms with E-state index in [1.165, 1.54) is 11.8 Å². The van der Waals surface area contributed by atoms with Crippen LogP contribution in [0.15, 0.2) is 48.5 Å². The molecule has 2 aromatic carbocycles. The van der Waals surface area contributed by atoms with Crippen LogP contribution in [0, 0.1) is 0 Å². The van der Waals surface area contributed by atoms with Gasteiger partial charge in [0, 0.05) is 0 Å². The number of carbonyl (C=O) groups excluding carboxylic acids is 3. The maximum atomic E-state index is 12.5. The first kappa shape index (κ1) is 24.7. The zero-order valence-electron chi connectivity index (χ0n) is 18.0. The van der Waals surface area contributed by atoms with Crippen LogP contribution in [0.5, 0.6) is 11.5 Å². The molecule has 0 saturated heterocycles. The standard InChI is InChI=1S/C23H25ClN2O6S/c1-33-11-10-18(26-22(28)16-6-2-3-7-17(16)24)23(29)31-14-21(27)25-12-15-13-30-19-8-4-5-9-20(19)32-15/h2-9,15,18H,10-14H2,1H3,(H,25,27)(H,26,28). The van der Waals surface area contributed by atoms with Crippen LogP contribution in [-0.2, 0) is 14.3 Å². The fourth-order valence-corrected chi connectivity index (χ4v) is 3.74. The molecule has 2 aromatic rings. The summed E-state index contributed by atoms with van der Waals surface area (Å²) >= 11 is 7.59. The zero-order chi connectivity index (χ0) is 23.6. The fourth-order valence-electron chi connectivity index (χ4n) is 3.05. The number of esters is 1. The van der Waals surface area contributed by atoms with Crippen LogP contribution in [0.25, 0.3) is 0 Å². The quantitative estimate of drug-likeness (QED) is 0.491. The molecule has 8 nitrogen and oxygen atoms in total. The predicted octanol–water partition coefficient (Wildman–Crippen LogP) is 2.69. The van der Waals surface area contributed by atoms with Gasteiger partial charge in [-0.25, -0.2) is 4.79 Å².